The third kappa shape index (κ3) is 4.70. The lowest BCUT2D eigenvalue weighted by molar-refractivity contribution is 0.0931. The molecule has 3 aromatic rings. The first kappa shape index (κ1) is 19.9. The second-order valence-corrected chi connectivity index (χ2v) is 6.99. The number of ether oxygens (including phenoxy) is 1. The average molecular weight is 380 g/mol. The highest BCUT2D eigenvalue weighted by molar-refractivity contribution is 5.97. The minimum absolute atomic E-state index is 0.0260. The van der Waals surface area contributed by atoms with Crippen LogP contribution in [0.2, 0.25) is 0 Å². The molecule has 0 fully saturated rings. The van der Waals surface area contributed by atoms with Gasteiger partial charge in [-0.25, -0.2) is 4.98 Å². The number of carbonyl (C=O) groups is 1. The molecule has 0 radical (unpaired) electrons. The van der Waals surface area contributed by atoms with Crippen LogP contribution in [0.5, 0.6) is 5.75 Å². The normalized spacial score (nSPS) is 12.1. The fraction of sp³-hybridized carbons (Fsp3) is 0.364. The molecule has 6 heteroatoms. The van der Waals surface area contributed by atoms with Crippen LogP contribution in [-0.2, 0) is 6.61 Å². The SMILES string of the molecule is CCCCC(CN)NC(=O)c1ccccc1OCc1cn2cccc(C)c2n1. The number of nitrogens with one attached hydrogen (secondary N) is 1. The van der Waals surface area contributed by atoms with Crippen LogP contribution in [0.15, 0.2) is 48.8 Å². The molecule has 0 bridgehead atoms. The van der Waals surface area contributed by atoms with Crippen molar-refractivity contribution in [3.63, 3.8) is 0 Å². The molecule has 28 heavy (non-hydrogen) atoms. The Bertz CT molecular complexity index is 935. The van der Waals surface area contributed by atoms with Gasteiger partial charge < -0.3 is 20.2 Å². The van der Waals surface area contributed by atoms with Gasteiger partial charge in [0.1, 0.15) is 18.0 Å². The summed E-state index contributed by atoms with van der Waals surface area (Å²) < 4.78 is 7.92. The van der Waals surface area contributed by atoms with Crippen molar-refractivity contribution in [2.45, 2.75) is 45.8 Å². The predicted molar refractivity (Wildman–Crippen MR) is 111 cm³/mol. The largest absolute Gasteiger partial charge is 0.486 e. The van der Waals surface area contributed by atoms with Crippen LogP contribution in [0.3, 0.4) is 0 Å². The molecule has 0 saturated carbocycles. The predicted octanol–water partition coefficient (Wildman–Crippen LogP) is 3.47. The first-order valence-electron chi connectivity index (χ1n) is 9.78. The number of imidazole rings is 1. The number of hydrogen-bond donors (Lipinski definition) is 2. The van der Waals surface area contributed by atoms with Crippen molar-refractivity contribution in [2.24, 2.45) is 5.73 Å². The Kier molecular flexibility index (Phi) is 6.66. The summed E-state index contributed by atoms with van der Waals surface area (Å²) in [6.45, 7) is 4.87. The van der Waals surface area contributed by atoms with Crippen LogP contribution < -0.4 is 15.8 Å². The van der Waals surface area contributed by atoms with E-state index in [1.807, 2.05) is 48.0 Å². The Morgan fingerprint density at radius 1 is 1.29 bits per heavy atom. The molecule has 0 aliphatic rings. The number of amides is 1. The molecular weight excluding hydrogens is 352 g/mol. The highest BCUT2D eigenvalue weighted by Gasteiger charge is 2.16. The number of aromatic nitrogens is 2. The van der Waals surface area contributed by atoms with E-state index < -0.39 is 0 Å². The van der Waals surface area contributed by atoms with Gasteiger partial charge >= 0.3 is 0 Å². The van der Waals surface area contributed by atoms with Crippen molar-refractivity contribution in [3.05, 3.63) is 65.6 Å². The number of nitrogens with two attached hydrogens (primary N) is 1. The van der Waals surface area contributed by atoms with E-state index in [0.717, 1.165) is 36.2 Å². The van der Waals surface area contributed by atoms with E-state index in [-0.39, 0.29) is 11.9 Å². The van der Waals surface area contributed by atoms with E-state index in [0.29, 0.717) is 24.5 Å². The number of para-hydroxylation sites is 1. The summed E-state index contributed by atoms with van der Waals surface area (Å²) in [5.41, 5.74) is 9.14. The quantitative estimate of drug-likeness (QED) is 0.596. The van der Waals surface area contributed by atoms with Crippen LogP contribution in [0, 0.1) is 6.92 Å². The number of unbranched alkanes of at least 4 members (excludes halogenated alkanes) is 1. The second kappa shape index (κ2) is 9.37. The summed E-state index contributed by atoms with van der Waals surface area (Å²) in [5, 5.41) is 3.02. The van der Waals surface area contributed by atoms with E-state index >= 15 is 0 Å². The third-order valence-corrected chi connectivity index (χ3v) is 4.76. The van der Waals surface area contributed by atoms with Crippen molar-refractivity contribution < 1.29 is 9.53 Å². The monoisotopic (exact) mass is 380 g/mol. The first-order chi connectivity index (χ1) is 13.6. The standard InChI is InChI=1S/C22H28N4O2/c1-3-4-9-17(13-23)25-22(27)19-10-5-6-11-20(19)28-15-18-14-26-12-7-8-16(2)21(26)24-18/h5-8,10-12,14,17H,3-4,9,13,15,23H2,1-2H3,(H,25,27). The van der Waals surface area contributed by atoms with Crippen LogP contribution in [0.1, 0.15) is 47.8 Å². The minimum Gasteiger partial charge on any atom is -0.486 e. The van der Waals surface area contributed by atoms with Crippen molar-refractivity contribution in [3.8, 4) is 5.75 Å². The Morgan fingerprint density at radius 3 is 2.86 bits per heavy atom. The van der Waals surface area contributed by atoms with Gasteiger partial charge in [-0.3, -0.25) is 4.79 Å². The summed E-state index contributed by atoms with van der Waals surface area (Å²) in [6, 6.07) is 11.3. The summed E-state index contributed by atoms with van der Waals surface area (Å²) in [6.07, 6.45) is 6.89. The second-order valence-electron chi connectivity index (χ2n) is 6.99. The fourth-order valence-corrected chi connectivity index (χ4v) is 3.17. The van der Waals surface area contributed by atoms with Gasteiger partial charge in [0.25, 0.3) is 5.91 Å². The molecule has 3 rings (SSSR count). The lowest BCUT2D eigenvalue weighted by Gasteiger charge is -2.18. The number of carbonyl (C=O) groups excluding carboxylic acids is 1. The summed E-state index contributed by atoms with van der Waals surface area (Å²) in [5.74, 6) is 0.382. The van der Waals surface area contributed by atoms with Gasteiger partial charge in [0.2, 0.25) is 0 Å². The van der Waals surface area contributed by atoms with Crippen molar-refractivity contribution in [2.75, 3.05) is 6.54 Å². The van der Waals surface area contributed by atoms with E-state index in [4.69, 9.17) is 10.5 Å². The minimum atomic E-state index is -0.159. The fourth-order valence-electron chi connectivity index (χ4n) is 3.17. The van der Waals surface area contributed by atoms with Gasteiger partial charge in [-0.15, -0.1) is 0 Å². The number of pyridine rings is 1. The maximum Gasteiger partial charge on any atom is 0.255 e. The van der Waals surface area contributed by atoms with Crippen molar-refractivity contribution in [1.82, 2.24) is 14.7 Å². The number of nitrogens with zero attached hydrogens (tertiary/aromatic N) is 2. The average Bonchev–Trinajstić information content (AvgIpc) is 3.14. The number of aryl methyl sites for hydroxylation is 1. The Morgan fingerprint density at radius 2 is 2.11 bits per heavy atom. The van der Waals surface area contributed by atoms with E-state index in [2.05, 4.69) is 17.2 Å². The van der Waals surface area contributed by atoms with E-state index in [9.17, 15) is 4.79 Å². The van der Waals surface area contributed by atoms with Gasteiger partial charge in [0.05, 0.1) is 11.3 Å². The third-order valence-electron chi connectivity index (χ3n) is 4.76. The molecule has 6 nitrogen and oxygen atoms in total. The molecule has 0 spiro atoms. The maximum atomic E-state index is 12.7. The highest BCUT2D eigenvalue weighted by atomic mass is 16.5. The zero-order chi connectivity index (χ0) is 19.9. The lowest BCUT2D eigenvalue weighted by Crippen LogP contribution is -2.40. The van der Waals surface area contributed by atoms with Crippen LogP contribution in [0.4, 0.5) is 0 Å². The number of hydrogen-bond acceptors (Lipinski definition) is 4. The molecule has 0 saturated heterocycles. The summed E-state index contributed by atoms with van der Waals surface area (Å²) >= 11 is 0. The van der Waals surface area contributed by atoms with Crippen LogP contribution >= 0.6 is 0 Å². The molecule has 1 unspecified atom stereocenters. The van der Waals surface area contributed by atoms with E-state index in [1.54, 1.807) is 12.1 Å². The highest BCUT2D eigenvalue weighted by Crippen LogP contribution is 2.20. The van der Waals surface area contributed by atoms with E-state index in [1.165, 1.54) is 0 Å². The molecule has 0 aliphatic heterocycles. The molecule has 2 aromatic heterocycles. The van der Waals surface area contributed by atoms with Gasteiger partial charge in [-0.05, 0) is 37.1 Å². The summed E-state index contributed by atoms with van der Waals surface area (Å²) in [4.78, 5) is 17.3. The zero-order valence-electron chi connectivity index (χ0n) is 16.5. The topological polar surface area (TPSA) is 81.6 Å². The summed E-state index contributed by atoms with van der Waals surface area (Å²) in [7, 11) is 0. The molecule has 1 aromatic carbocycles. The molecule has 3 N–H and O–H groups in total. The lowest BCUT2D eigenvalue weighted by atomic mass is 10.1. The molecule has 1 atom stereocenters. The Balaban J connectivity index is 1.70. The number of benzene rings is 1. The Labute approximate surface area is 165 Å². The van der Waals surface area contributed by atoms with Gasteiger partial charge in [0.15, 0.2) is 0 Å². The van der Waals surface area contributed by atoms with Crippen LogP contribution in [0.25, 0.3) is 5.65 Å². The smallest absolute Gasteiger partial charge is 0.255 e. The van der Waals surface area contributed by atoms with Gasteiger partial charge in [0, 0.05) is 25.0 Å². The maximum absolute atomic E-state index is 12.7. The van der Waals surface area contributed by atoms with Gasteiger partial charge in [-0.1, -0.05) is 38.0 Å². The van der Waals surface area contributed by atoms with Gasteiger partial charge in [-0.2, -0.15) is 0 Å². The molecule has 148 valence electrons. The zero-order valence-corrected chi connectivity index (χ0v) is 16.5. The molecule has 0 aliphatic carbocycles. The number of rotatable bonds is 9. The molecular formula is C22H28N4O2. The van der Waals surface area contributed by atoms with Crippen LogP contribution in [-0.4, -0.2) is 27.9 Å². The van der Waals surface area contributed by atoms with Crippen molar-refractivity contribution in [1.29, 1.82) is 0 Å². The first-order valence-corrected chi connectivity index (χ1v) is 9.78. The molecule has 2 heterocycles. The van der Waals surface area contributed by atoms with Crippen molar-refractivity contribution >= 4 is 11.6 Å². The number of fused-ring (bicyclic) bond motifs is 1. The Hall–Kier alpha value is -2.86. The molecule has 1 amide bonds.